The Morgan fingerprint density at radius 2 is 2.11 bits per heavy atom. The Morgan fingerprint density at radius 1 is 1.30 bits per heavy atom. The number of para-hydroxylation sites is 1. The summed E-state index contributed by atoms with van der Waals surface area (Å²) in [4.78, 5) is 31.9. The van der Waals surface area contributed by atoms with Gasteiger partial charge in [0.1, 0.15) is 12.3 Å². The number of nitrogens with zero attached hydrogens (tertiary/aromatic N) is 3. The summed E-state index contributed by atoms with van der Waals surface area (Å²) in [5, 5.41) is 3.26. The van der Waals surface area contributed by atoms with Gasteiger partial charge < -0.3 is 15.0 Å². The smallest absolute Gasteiger partial charge is 0.323 e. The Balaban J connectivity index is 1.38. The Bertz CT molecular complexity index is 872. The van der Waals surface area contributed by atoms with Crippen LogP contribution in [0.5, 0.6) is 11.6 Å². The standard InChI is InChI=1S/C19H19ClN4O3/c20-15-3-1-2-4-16(15)27-17-9-14(7-8-21-17)22-19(26)24-11-18(25)23(12-24)10-13-5-6-13/h1-4,7-9,13H,5-6,10-12H2,(H,21,22,26). The van der Waals surface area contributed by atoms with E-state index in [1.54, 1.807) is 29.2 Å². The van der Waals surface area contributed by atoms with Crippen LogP contribution in [0.2, 0.25) is 5.02 Å². The van der Waals surface area contributed by atoms with Gasteiger partial charge in [0.05, 0.1) is 11.7 Å². The summed E-state index contributed by atoms with van der Waals surface area (Å²) in [5.74, 6) is 1.39. The number of hydrogen-bond donors (Lipinski definition) is 1. The summed E-state index contributed by atoms with van der Waals surface area (Å²) in [5.41, 5.74) is 0.533. The second-order valence-electron chi connectivity index (χ2n) is 6.74. The van der Waals surface area contributed by atoms with Gasteiger partial charge in [0.2, 0.25) is 11.8 Å². The van der Waals surface area contributed by atoms with E-state index in [-0.39, 0.29) is 18.5 Å². The average Bonchev–Trinajstić information content (AvgIpc) is 3.39. The summed E-state index contributed by atoms with van der Waals surface area (Å²) in [6, 6.07) is 10.0. The van der Waals surface area contributed by atoms with Gasteiger partial charge in [-0.2, -0.15) is 0 Å². The van der Waals surface area contributed by atoms with Crippen LogP contribution in [0.25, 0.3) is 0 Å². The number of urea groups is 1. The molecule has 1 N–H and O–H groups in total. The van der Waals surface area contributed by atoms with E-state index in [0.29, 0.717) is 34.9 Å². The summed E-state index contributed by atoms with van der Waals surface area (Å²) in [6.45, 7) is 1.18. The maximum absolute atomic E-state index is 12.5. The third kappa shape index (κ3) is 4.31. The summed E-state index contributed by atoms with van der Waals surface area (Å²) >= 11 is 6.09. The quantitative estimate of drug-likeness (QED) is 0.852. The highest BCUT2D eigenvalue weighted by Crippen LogP contribution is 2.31. The molecule has 1 saturated heterocycles. The molecule has 0 unspecified atom stereocenters. The van der Waals surface area contributed by atoms with Crippen LogP contribution in [0.3, 0.4) is 0 Å². The first kappa shape index (κ1) is 17.6. The lowest BCUT2D eigenvalue weighted by Crippen LogP contribution is -2.35. The highest BCUT2D eigenvalue weighted by molar-refractivity contribution is 6.32. The lowest BCUT2D eigenvalue weighted by molar-refractivity contribution is -0.126. The number of carbonyl (C=O) groups is 2. The first-order valence-electron chi connectivity index (χ1n) is 8.80. The lowest BCUT2D eigenvalue weighted by atomic mass is 10.3. The first-order chi connectivity index (χ1) is 13.1. The molecule has 2 fully saturated rings. The van der Waals surface area contributed by atoms with Crippen LogP contribution in [0.1, 0.15) is 12.8 Å². The maximum Gasteiger partial charge on any atom is 0.323 e. The van der Waals surface area contributed by atoms with Crippen molar-refractivity contribution in [1.29, 1.82) is 0 Å². The molecule has 0 bridgehead atoms. The molecule has 2 heterocycles. The SMILES string of the molecule is O=C1CN(C(=O)Nc2ccnc(Oc3ccccc3Cl)c2)CN1CC1CC1. The number of pyridine rings is 1. The minimum Gasteiger partial charge on any atom is -0.437 e. The molecule has 1 aromatic heterocycles. The van der Waals surface area contributed by atoms with Gasteiger partial charge in [-0.15, -0.1) is 0 Å². The van der Waals surface area contributed by atoms with E-state index in [4.69, 9.17) is 16.3 Å². The van der Waals surface area contributed by atoms with E-state index >= 15 is 0 Å². The van der Waals surface area contributed by atoms with E-state index in [1.807, 2.05) is 12.1 Å². The minimum atomic E-state index is -0.323. The Kier molecular flexibility index (Phi) is 4.85. The maximum atomic E-state index is 12.5. The van der Waals surface area contributed by atoms with Crippen molar-refractivity contribution in [2.24, 2.45) is 5.92 Å². The molecule has 140 valence electrons. The molecule has 2 aliphatic rings. The Hall–Kier alpha value is -2.80. The van der Waals surface area contributed by atoms with Crippen molar-refractivity contribution in [3.05, 3.63) is 47.6 Å². The molecule has 0 atom stereocenters. The topological polar surface area (TPSA) is 74.8 Å². The lowest BCUT2D eigenvalue weighted by Gasteiger charge is -2.18. The number of amides is 3. The number of ether oxygens (including phenoxy) is 1. The second kappa shape index (κ2) is 7.44. The van der Waals surface area contributed by atoms with Crippen LogP contribution in [-0.2, 0) is 4.79 Å². The predicted octanol–water partition coefficient (Wildman–Crippen LogP) is 3.57. The number of aromatic nitrogens is 1. The van der Waals surface area contributed by atoms with Crippen molar-refractivity contribution < 1.29 is 14.3 Å². The van der Waals surface area contributed by atoms with Crippen LogP contribution < -0.4 is 10.1 Å². The predicted molar refractivity (Wildman–Crippen MR) is 101 cm³/mol. The number of carbonyl (C=O) groups excluding carboxylic acids is 2. The molecule has 7 nitrogen and oxygen atoms in total. The third-order valence-corrected chi connectivity index (χ3v) is 4.83. The van der Waals surface area contributed by atoms with E-state index in [0.717, 1.165) is 6.54 Å². The number of benzene rings is 1. The summed E-state index contributed by atoms with van der Waals surface area (Å²) in [7, 11) is 0. The molecule has 0 spiro atoms. The zero-order valence-electron chi connectivity index (χ0n) is 14.6. The summed E-state index contributed by atoms with van der Waals surface area (Å²) in [6.07, 6.45) is 3.87. The largest absolute Gasteiger partial charge is 0.437 e. The van der Waals surface area contributed by atoms with Gasteiger partial charge >= 0.3 is 6.03 Å². The molecule has 2 aromatic rings. The number of rotatable bonds is 5. The number of nitrogens with one attached hydrogen (secondary N) is 1. The zero-order chi connectivity index (χ0) is 18.8. The number of anilines is 1. The molecule has 1 aromatic carbocycles. The minimum absolute atomic E-state index is 0.00507. The van der Waals surface area contributed by atoms with Gasteiger partial charge in [0.15, 0.2) is 0 Å². The second-order valence-corrected chi connectivity index (χ2v) is 7.15. The van der Waals surface area contributed by atoms with Crippen LogP contribution in [-0.4, -0.2) is 46.5 Å². The highest BCUT2D eigenvalue weighted by Gasteiger charge is 2.34. The van der Waals surface area contributed by atoms with Crippen molar-refractivity contribution in [2.45, 2.75) is 12.8 Å². The van der Waals surface area contributed by atoms with Gasteiger partial charge in [-0.1, -0.05) is 23.7 Å². The molecule has 8 heteroatoms. The van der Waals surface area contributed by atoms with Crippen molar-refractivity contribution in [3.63, 3.8) is 0 Å². The summed E-state index contributed by atoms with van der Waals surface area (Å²) < 4.78 is 5.67. The Morgan fingerprint density at radius 3 is 2.89 bits per heavy atom. The fraction of sp³-hybridized carbons (Fsp3) is 0.316. The monoisotopic (exact) mass is 386 g/mol. The third-order valence-electron chi connectivity index (χ3n) is 4.52. The number of hydrogen-bond acceptors (Lipinski definition) is 4. The van der Waals surface area contributed by atoms with E-state index < -0.39 is 0 Å². The van der Waals surface area contributed by atoms with Crippen LogP contribution in [0, 0.1) is 5.92 Å². The van der Waals surface area contributed by atoms with Crippen molar-refractivity contribution >= 4 is 29.2 Å². The average molecular weight is 387 g/mol. The molecule has 3 amide bonds. The molecule has 1 aliphatic carbocycles. The van der Waals surface area contributed by atoms with E-state index in [1.165, 1.54) is 23.9 Å². The van der Waals surface area contributed by atoms with Gasteiger partial charge in [-0.3, -0.25) is 9.69 Å². The highest BCUT2D eigenvalue weighted by atomic mass is 35.5. The van der Waals surface area contributed by atoms with Crippen LogP contribution >= 0.6 is 11.6 Å². The molecular formula is C19H19ClN4O3. The Labute approximate surface area is 161 Å². The molecule has 4 rings (SSSR count). The van der Waals surface area contributed by atoms with Crippen LogP contribution in [0.4, 0.5) is 10.5 Å². The van der Waals surface area contributed by atoms with Gasteiger partial charge in [-0.05, 0) is 37.0 Å². The van der Waals surface area contributed by atoms with Crippen LogP contribution in [0.15, 0.2) is 42.6 Å². The van der Waals surface area contributed by atoms with E-state index in [2.05, 4.69) is 10.3 Å². The van der Waals surface area contributed by atoms with Gasteiger partial charge in [0, 0.05) is 24.5 Å². The molecule has 1 saturated carbocycles. The fourth-order valence-electron chi connectivity index (χ4n) is 2.89. The first-order valence-corrected chi connectivity index (χ1v) is 9.18. The fourth-order valence-corrected chi connectivity index (χ4v) is 3.07. The molecule has 1 aliphatic heterocycles. The van der Waals surface area contributed by atoms with Crippen molar-refractivity contribution in [3.8, 4) is 11.6 Å². The van der Waals surface area contributed by atoms with Gasteiger partial charge in [0.25, 0.3) is 0 Å². The van der Waals surface area contributed by atoms with Crippen molar-refractivity contribution in [1.82, 2.24) is 14.8 Å². The number of halogens is 1. The molecular weight excluding hydrogens is 368 g/mol. The molecule has 0 radical (unpaired) electrons. The normalized spacial score (nSPS) is 16.6. The zero-order valence-corrected chi connectivity index (χ0v) is 15.4. The van der Waals surface area contributed by atoms with Gasteiger partial charge in [-0.25, -0.2) is 9.78 Å². The molecule has 27 heavy (non-hydrogen) atoms. The van der Waals surface area contributed by atoms with E-state index in [9.17, 15) is 9.59 Å². The van der Waals surface area contributed by atoms with Crippen molar-refractivity contribution in [2.75, 3.05) is 25.1 Å².